The maximum absolute atomic E-state index is 13.5. The molecule has 2 heterocycles. The monoisotopic (exact) mass is 467 g/mol. The highest BCUT2D eigenvalue weighted by atomic mass is 19.4. The van der Waals surface area contributed by atoms with Gasteiger partial charge in [0.05, 0.1) is 17.6 Å². The second-order valence-electron chi connectivity index (χ2n) is 9.03. The van der Waals surface area contributed by atoms with Gasteiger partial charge in [-0.25, -0.2) is 0 Å². The third kappa shape index (κ3) is 4.77. The van der Waals surface area contributed by atoms with Crippen LogP contribution in [0.5, 0.6) is 0 Å². The van der Waals surface area contributed by atoms with E-state index in [0.717, 1.165) is 18.7 Å². The highest BCUT2D eigenvalue weighted by molar-refractivity contribution is 6.11. The number of imide groups is 1. The molecular formula is C23H28F3N3O4. The van der Waals surface area contributed by atoms with Gasteiger partial charge in [0, 0.05) is 58.7 Å². The van der Waals surface area contributed by atoms with Gasteiger partial charge in [-0.15, -0.1) is 0 Å². The number of methoxy groups -OCH3 is 1. The second-order valence-corrected chi connectivity index (χ2v) is 9.03. The Morgan fingerprint density at radius 2 is 1.85 bits per heavy atom. The summed E-state index contributed by atoms with van der Waals surface area (Å²) in [6, 6.07) is 4.29. The number of hydrogen-bond donors (Lipinski definition) is 0. The zero-order valence-electron chi connectivity index (χ0n) is 18.6. The Hall–Kier alpha value is -2.46. The van der Waals surface area contributed by atoms with Crippen molar-refractivity contribution in [2.75, 3.05) is 46.4 Å². The molecule has 1 aliphatic carbocycles. The predicted octanol–water partition coefficient (Wildman–Crippen LogP) is 2.05. The fourth-order valence-electron chi connectivity index (χ4n) is 4.74. The molecule has 3 amide bonds. The van der Waals surface area contributed by atoms with Crippen molar-refractivity contribution in [3.8, 4) is 0 Å². The van der Waals surface area contributed by atoms with Crippen LogP contribution in [0.3, 0.4) is 0 Å². The van der Waals surface area contributed by atoms with Gasteiger partial charge in [-0.3, -0.25) is 24.2 Å². The van der Waals surface area contributed by atoms with Gasteiger partial charge in [-0.2, -0.15) is 13.2 Å². The third-order valence-electron chi connectivity index (χ3n) is 6.79. The van der Waals surface area contributed by atoms with E-state index in [-0.39, 0.29) is 30.4 Å². The molecule has 2 saturated heterocycles. The Kier molecular flexibility index (Phi) is 6.50. The van der Waals surface area contributed by atoms with Crippen LogP contribution in [-0.4, -0.2) is 84.9 Å². The van der Waals surface area contributed by atoms with E-state index in [1.165, 1.54) is 17.0 Å². The van der Waals surface area contributed by atoms with Crippen molar-refractivity contribution >= 4 is 17.7 Å². The Bertz CT molecular complexity index is 926. The lowest BCUT2D eigenvalue weighted by Crippen LogP contribution is -2.51. The summed E-state index contributed by atoms with van der Waals surface area (Å²) in [6.07, 6.45) is -3.83. The number of hydrogen-bond acceptors (Lipinski definition) is 5. The topological polar surface area (TPSA) is 70.2 Å². The SMILES string of the molecule is COCCN1CCN(C(=O)CC2(c3cccc(C(F)(F)F)c3)CC(=O)N(C3CC3)C2=O)CC1. The molecular weight excluding hydrogens is 439 g/mol. The molecule has 3 fully saturated rings. The number of piperazine rings is 1. The van der Waals surface area contributed by atoms with E-state index in [1.54, 1.807) is 12.0 Å². The molecule has 1 saturated carbocycles. The van der Waals surface area contributed by atoms with Crippen molar-refractivity contribution in [1.82, 2.24) is 14.7 Å². The van der Waals surface area contributed by atoms with Gasteiger partial charge in [0.25, 0.3) is 0 Å². The molecule has 0 spiro atoms. The Morgan fingerprint density at radius 1 is 1.15 bits per heavy atom. The smallest absolute Gasteiger partial charge is 0.383 e. The van der Waals surface area contributed by atoms with Crippen molar-refractivity contribution in [3.63, 3.8) is 0 Å². The Labute approximate surface area is 190 Å². The first-order valence-corrected chi connectivity index (χ1v) is 11.2. The number of carbonyl (C=O) groups is 3. The summed E-state index contributed by atoms with van der Waals surface area (Å²) in [5.41, 5.74) is -2.43. The fourth-order valence-corrected chi connectivity index (χ4v) is 4.74. The minimum Gasteiger partial charge on any atom is -0.383 e. The maximum Gasteiger partial charge on any atom is 0.416 e. The third-order valence-corrected chi connectivity index (χ3v) is 6.79. The average molecular weight is 467 g/mol. The quantitative estimate of drug-likeness (QED) is 0.574. The molecule has 1 aromatic rings. The summed E-state index contributed by atoms with van der Waals surface area (Å²) in [5, 5.41) is 0. The number of amides is 3. The molecule has 180 valence electrons. The van der Waals surface area contributed by atoms with Gasteiger partial charge in [0.15, 0.2) is 0 Å². The first-order chi connectivity index (χ1) is 15.7. The van der Waals surface area contributed by atoms with Crippen LogP contribution in [0.15, 0.2) is 24.3 Å². The number of carbonyl (C=O) groups excluding carboxylic acids is 3. The van der Waals surface area contributed by atoms with Crippen molar-refractivity contribution in [1.29, 1.82) is 0 Å². The molecule has 0 bridgehead atoms. The fraction of sp³-hybridized carbons (Fsp3) is 0.609. The highest BCUT2D eigenvalue weighted by Crippen LogP contribution is 2.45. The van der Waals surface area contributed by atoms with Crippen LogP contribution in [0.1, 0.15) is 36.8 Å². The molecule has 3 aliphatic rings. The van der Waals surface area contributed by atoms with E-state index in [4.69, 9.17) is 4.74 Å². The van der Waals surface area contributed by atoms with Crippen LogP contribution >= 0.6 is 0 Å². The lowest BCUT2D eigenvalue weighted by molar-refractivity contribution is -0.144. The van der Waals surface area contributed by atoms with Crippen LogP contribution < -0.4 is 0 Å². The van der Waals surface area contributed by atoms with Crippen molar-refractivity contribution in [2.24, 2.45) is 0 Å². The van der Waals surface area contributed by atoms with Crippen LogP contribution in [0, 0.1) is 0 Å². The largest absolute Gasteiger partial charge is 0.416 e. The average Bonchev–Trinajstić information content (AvgIpc) is 3.58. The lowest BCUT2D eigenvalue weighted by Gasteiger charge is -2.36. The Morgan fingerprint density at radius 3 is 2.45 bits per heavy atom. The van der Waals surface area contributed by atoms with Crippen LogP contribution in [0.25, 0.3) is 0 Å². The number of nitrogens with zero attached hydrogens (tertiary/aromatic N) is 3. The molecule has 0 aromatic heterocycles. The number of ether oxygens (including phenoxy) is 1. The van der Waals surface area contributed by atoms with Gasteiger partial charge in [0.1, 0.15) is 0 Å². The molecule has 1 unspecified atom stereocenters. The van der Waals surface area contributed by atoms with Gasteiger partial charge >= 0.3 is 6.18 Å². The molecule has 0 radical (unpaired) electrons. The molecule has 1 aromatic carbocycles. The number of likely N-dealkylation sites (tertiary alicyclic amines) is 1. The zero-order chi connectivity index (χ0) is 23.8. The summed E-state index contributed by atoms with van der Waals surface area (Å²) in [7, 11) is 1.62. The highest BCUT2D eigenvalue weighted by Gasteiger charge is 2.57. The summed E-state index contributed by atoms with van der Waals surface area (Å²) in [5.74, 6) is -1.30. The van der Waals surface area contributed by atoms with Crippen LogP contribution in [0.2, 0.25) is 0 Å². The van der Waals surface area contributed by atoms with Crippen molar-refractivity contribution < 1.29 is 32.3 Å². The standard InChI is InChI=1S/C23H28F3N3O4/c1-33-12-11-27-7-9-28(10-8-27)19(30)14-22(15-20(31)29(21(22)32)18-5-6-18)16-3-2-4-17(13-16)23(24,25)26/h2-4,13,18H,5-12,14-15H2,1H3. The number of benzene rings is 1. The molecule has 2 aliphatic heterocycles. The van der Waals surface area contributed by atoms with Gasteiger partial charge < -0.3 is 9.64 Å². The van der Waals surface area contributed by atoms with E-state index >= 15 is 0 Å². The maximum atomic E-state index is 13.5. The number of alkyl halides is 3. The minimum absolute atomic E-state index is 0.0749. The van der Waals surface area contributed by atoms with Crippen molar-refractivity contribution in [3.05, 3.63) is 35.4 Å². The van der Waals surface area contributed by atoms with Gasteiger partial charge in [-0.05, 0) is 24.5 Å². The van der Waals surface area contributed by atoms with E-state index in [9.17, 15) is 27.6 Å². The molecule has 1 atom stereocenters. The molecule has 0 N–H and O–H groups in total. The van der Waals surface area contributed by atoms with E-state index in [2.05, 4.69) is 4.90 Å². The minimum atomic E-state index is -4.60. The van der Waals surface area contributed by atoms with Crippen molar-refractivity contribution in [2.45, 2.75) is 43.3 Å². The molecule has 4 rings (SSSR count). The summed E-state index contributed by atoms with van der Waals surface area (Å²) in [4.78, 5) is 44.5. The first-order valence-electron chi connectivity index (χ1n) is 11.2. The summed E-state index contributed by atoms with van der Waals surface area (Å²) >= 11 is 0. The Balaban J connectivity index is 1.59. The zero-order valence-corrected chi connectivity index (χ0v) is 18.6. The van der Waals surface area contributed by atoms with E-state index in [0.29, 0.717) is 45.6 Å². The normalized spacial score (nSPS) is 24.6. The molecule has 7 nitrogen and oxygen atoms in total. The predicted molar refractivity (Wildman–Crippen MR) is 112 cm³/mol. The van der Waals surface area contributed by atoms with Crippen LogP contribution in [0.4, 0.5) is 13.2 Å². The first kappa shape index (κ1) is 23.7. The molecule has 10 heteroatoms. The van der Waals surface area contributed by atoms with Crippen LogP contribution in [-0.2, 0) is 30.7 Å². The summed E-state index contributed by atoms with van der Waals surface area (Å²) < 4.78 is 45.3. The second kappa shape index (κ2) is 9.06. The molecule has 33 heavy (non-hydrogen) atoms. The summed E-state index contributed by atoms with van der Waals surface area (Å²) in [6.45, 7) is 3.53. The number of halogens is 3. The van der Waals surface area contributed by atoms with E-state index in [1.807, 2.05) is 0 Å². The van der Waals surface area contributed by atoms with E-state index < -0.39 is 29.0 Å². The van der Waals surface area contributed by atoms with Gasteiger partial charge in [-0.1, -0.05) is 18.2 Å². The van der Waals surface area contributed by atoms with Gasteiger partial charge in [0.2, 0.25) is 17.7 Å². The number of rotatable bonds is 7. The lowest BCUT2D eigenvalue weighted by atomic mass is 9.75.